The summed E-state index contributed by atoms with van der Waals surface area (Å²) in [4.78, 5) is 2.10. The van der Waals surface area contributed by atoms with Gasteiger partial charge in [0.05, 0.1) is 15.7 Å². The average Bonchev–Trinajstić information content (AvgIpc) is 2.03. The highest BCUT2D eigenvalue weighted by molar-refractivity contribution is 6.39. The fraction of sp³-hybridized carbons (Fsp3) is 1.00. The molecule has 1 nitrogen and oxygen atoms in total. The molecule has 0 aromatic carbocycles. The first kappa shape index (κ1) is 10.2. The van der Waals surface area contributed by atoms with Crippen molar-refractivity contribution in [3.63, 3.8) is 0 Å². The fourth-order valence-electron chi connectivity index (χ4n) is 1.86. The van der Waals surface area contributed by atoms with Crippen LogP contribution in [0.5, 0.6) is 0 Å². The zero-order valence-corrected chi connectivity index (χ0v) is 8.21. The first-order valence-electron chi connectivity index (χ1n) is 4.82. The van der Waals surface area contributed by atoms with E-state index in [1.807, 2.05) is 14.0 Å². The molecule has 0 aromatic heterocycles. The molecule has 0 aliphatic heterocycles. The third-order valence-corrected chi connectivity index (χ3v) is 2.88. The molecule has 1 fully saturated rings. The van der Waals surface area contributed by atoms with Crippen LogP contribution < -0.4 is 0 Å². The molecule has 0 atom stereocenters. The second kappa shape index (κ2) is 3.87. The third kappa shape index (κ3) is 2.55. The molecule has 1 rings (SSSR count). The normalized spacial score (nSPS) is 21.6. The van der Waals surface area contributed by atoms with Gasteiger partial charge in [-0.05, 0) is 19.9 Å². The highest BCUT2D eigenvalue weighted by Gasteiger charge is 2.25. The van der Waals surface area contributed by atoms with Crippen LogP contribution in [0.3, 0.4) is 0 Å². The van der Waals surface area contributed by atoms with Gasteiger partial charge < -0.3 is 4.90 Å². The number of nitrogens with zero attached hydrogens (tertiary/aromatic N) is 1. The summed E-state index contributed by atoms with van der Waals surface area (Å²) in [6.07, 6.45) is 6.52. The lowest BCUT2D eigenvalue weighted by Crippen LogP contribution is -2.50. The average molecular weight is 161 g/mol. The van der Waals surface area contributed by atoms with Crippen LogP contribution in [0, 0.1) is 0 Å². The monoisotopic (exact) mass is 161 g/mol. The van der Waals surface area contributed by atoms with E-state index in [2.05, 4.69) is 4.90 Å². The second-order valence-corrected chi connectivity index (χ2v) is 4.13. The van der Waals surface area contributed by atoms with Gasteiger partial charge >= 0.3 is 0 Å². The van der Waals surface area contributed by atoms with Crippen molar-refractivity contribution in [2.75, 3.05) is 7.05 Å². The zero-order chi connectivity index (χ0) is 9.19. The Hall–Kier alpha value is 0.0899. The van der Waals surface area contributed by atoms with Crippen molar-refractivity contribution >= 4 is 15.7 Å². The molecule has 0 N–H and O–H groups in total. The van der Waals surface area contributed by atoms with Crippen molar-refractivity contribution in [1.82, 2.24) is 4.90 Å². The molecular weight excluding hydrogens is 144 g/mol. The van der Waals surface area contributed by atoms with Crippen molar-refractivity contribution in [3.05, 3.63) is 0 Å². The Morgan fingerprint density at radius 3 is 2.08 bits per heavy atom. The first-order chi connectivity index (χ1) is 5.52. The molecule has 0 heterocycles. The highest BCUT2D eigenvalue weighted by atomic mass is 15.2. The highest BCUT2D eigenvalue weighted by Crippen LogP contribution is 2.24. The summed E-state index contributed by atoms with van der Waals surface area (Å²) in [7, 11) is 13.7. The maximum Gasteiger partial charge on any atom is 0.0820 e. The van der Waals surface area contributed by atoms with Crippen LogP contribution in [-0.2, 0) is 0 Å². The minimum atomic E-state index is -0.651. The Balaban J connectivity index is 2.45. The van der Waals surface area contributed by atoms with Gasteiger partial charge in [-0.1, -0.05) is 31.5 Å². The summed E-state index contributed by atoms with van der Waals surface area (Å²) in [5, 5.41) is -0.651. The van der Waals surface area contributed by atoms with Crippen LogP contribution in [0.25, 0.3) is 0 Å². The van der Waals surface area contributed by atoms with E-state index in [9.17, 15) is 0 Å². The predicted octanol–water partition coefficient (Wildman–Crippen LogP) is 1.26. The fourth-order valence-corrected chi connectivity index (χ4v) is 1.86. The van der Waals surface area contributed by atoms with E-state index in [4.69, 9.17) is 15.7 Å². The maximum atomic E-state index is 5.81. The molecular formula is C9H17B2N. The molecule has 0 unspecified atom stereocenters. The zero-order valence-electron chi connectivity index (χ0n) is 8.21. The Bertz CT molecular complexity index is 136. The predicted molar refractivity (Wildman–Crippen MR) is 54.5 cm³/mol. The van der Waals surface area contributed by atoms with Crippen LogP contribution in [0.15, 0.2) is 0 Å². The van der Waals surface area contributed by atoms with Crippen molar-refractivity contribution in [2.45, 2.75) is 50.4 Å². The van der Waals surface area contributed by atoms with Gasteiger partial charge in [-0.25, -0.2) is 0 Å². The van der Waals surface area contributed by atoms with Gasteiger partial charge in [-0.15, -0.1) is 0 Å². The molecule has 1 aliphatic rings. The standard InChI is InChI=1S/C9H17B2N/c1-9(10,11)12(2)8-6-4-3-5-7-8/h8H,3-7H2,1-2H3. The molecule has 0 spiro atoms. The molecule has 64 valence electrons. The largest absolute Gasteiger partial charge is 0.315 e. The summed E-state index contributed by atoms with van der Waals surface area (Å²) in [5.41, 5.74) is 0. The van der Waals surface area contributed by atoms with Crippen LogP contribution in [0.2, 0.25) is 0 Å². The van der Waals surface area contributed by atoms with Gasteiger partial charge in [0, 0.05) is 6.04 Å². The van der Waals surface area contributed by atoms with Crippen LogP contribution in [0.1, 0.15) is 39.0 Å². The Kier molecular flexibility index (Phi) is 3.28. The van der Waals surface area contributed by atoms with Crippen LogP contribution >= 0.6 is 0 Å². The molecule has 4 radical (unpaired) electrons. The summed E-state index contributed by atoms with van der Waals surface area (Å²) in [6.45, 7) is 1.86. The lowest BCUT2D eigenvalue weighted by Gasteiger charge is -2.41. The van der Waals surface area contributed by atoms with Gasteiger partial charge in [0.2, 0.25) is 0 Å². The maximum absolute atomic E-state index is 5.81. The van der Waals surface area contributed by atoms with Crippen molar-refractivity contribution < 1.29 is 0 Å². The van der Waals surface area contributed by atoms with E-state index in [0.717, 1.165) is 0 Å². The minimum absolute atomic E-state index is 0.596. The second-order valence-electron chi connectivity index (χ2n) is 4.13. The molecule has 0 saturated heterocycles. The van der Waals surface area contributed by atoms with E-state index < -0.39 is 5.34 Å². The summed E-state index contributed by atoms with van der Waals surface area (Å²) in [5.74, 6) is 0. The van der Waals surface area contributed by atoms with Crippen molar-refractivity contribution in [1.29, 1.82) is 0 Å². The van der Waals surface area contributed by atoms with E-state index in [-0.39, 0.29) is 0 Å². The smallest absolute Gasteiger partial charge is 0.0820 e. The Morgan fingerprint density at radius 1 is 1.17 bits per heavy atom. The number of hydrogen-bond acceptors (Lipinski definition) is 1. The lowest BCUT2D eigenvalue weighted by atomic mass is 9.61. The van der Waals surface area contributed by atoms with Gasteiger partial charge in [-0.3, -0.25) is 0 Å². The van der Waals surface area contributed by atoms with Crippen LogP contribution in [0.4, 0.5) is 0 Å². The quantitative estimate of drug-likeness (QED) is 0.551. The Labute approximate surface area is 78.7 Å². The molecule has 0 amide bonds. The van der Waals surface area contributed by atoms with Gasteiger partial charge in [0.1, 0.15) is 0 Å². The molecule has 12 heavy (non-hydrogen) atoms. The van der Waals surface area contributed by atoms with Crippen molar-refractivity contribution in [2.24, 2.45) is 0 Å². The minimum Gasteiger partial charge on any atom is -0.315 e. The molecule has 1 saturated carbocycles. The summed E-state index contributed by atoms with van der Waals surface area (Å²) < 4.78 is 0. The van der Waals surface area contributed by atoms with E-state index in [1.54, 1.807) is 0 Å². The lowest BCUT2D eigenvalue weighted by molar-refractivity contribution is 0.164. The van der Waals surface area contributed by atoms with E-state index >= 15 is 0 Å². The first-order valence-corrected chi connectivity index (χ1v) is 4.82. The van der Waals surface area contributed by atoms with Gasteiger partial charge in [0.15, 0.2) is 0 Å². The molecule has 3 heteroatoms. The SMILES string of the molecule is [B]C([B])(C)N(C)C1CCCCC1. The Morgan fingerprint density at radius 2 is 1.67 bits per heavy atom. The topological polar surface area (TPSA) is 3.24 Å². The van der Waals surface area contributed by atoms with E-state index in [1.165, 1.54) is 32.1 Å². The van der Waals surface area contributed by atoms with Crippen molar-refractivity contribution in [3.8, 4) is 0 Å². The molecule has 0 aromatic rings. The van der Waals surface area contributed by atoms with Gasteiger partial charge in [-0.2, -0.15) is 0 Å². The molecule has 1 aliphatic carbocycles. The summed E-state index contributed by atoms with van der Waals surface area (Å²) in [6, 6.07) is 0.596. The van der Waals surface area contributed by atoms with Crippen LogP contribution in [-0.4, -0.2) is 39.0 Å². The third-order valence-electron chi connectivity index (χ3n) is 2.88. The molecule has 0 bridgehead atoms. The summed E-state index contributed by atoms with van der Waals surface area (Å²) >= 11 is 0. The number of hydrogen-bond donors (Lipinski definition) is 0. The van der Waals surface area contributed by atoms with E-state index in [0.29, 0.717) is 6.04 Å². The number of rotatable bonds is 2. The van der Waals surface area contributed by atoms with Gasteiger partial charge in [0.25, 0.3) is 0 Å².